The summed E-state index contributed by atoms with van der Waals surface area (Å²) in [6.45, 7) is 4.52. The molecule has 0 atom stereocenters. The first-order valence-electron chi connectivity index (χ1n) is 10.5. The fourth-order valence-electron chi connectivity index (χ4n) is 4.68. The number of benzene rings is 1. The fourth-order valence-corrected chi connectivity index (χ4v) is 5.24. The van der Waals surface area contributed by atoms with Gasteiger partial charge in [0.1, 0.15) is 17.8 Å². The maximum absolute atomic E-state index is 6.46. The number of halogens is 1. The van der Waals surface area contributed by atoms with Gasteiger partial charge in [0.25, 0.3) is 0 Å². The number of nitrogens with one attached hydrogen (secondary N) is 1. The number of hydrogen-bond donors (Lipinski definition) is 2. The van der Waals surface area contributed by atoms with E-state index in [9.17, 15) is 0 Å². The lowest BCUT2D eigenvalue weighted by Gasteiger charge is -2.42. The third kappa shape index (κ3) is 3.80. The molecule has 8 heteroatoms. The van der Waals surface area contributed by atoms with E-state index >= 15 is 0 Å². The molecule has 3 N–H and O–H groups in total. The van der Waals surface area contributed by atoms with Gasteiger partial charge in [-0.3, -0.25) is 4.72 Å². The molecule has 2 aromatic heterocycles. The van der Waals surface area contributed by atoms with Crippen molar-refractivity contribution in [2.24, 2.45) is 5.92 Å². The molecule has 158 valence electrons. The molecule has 1 saturated heterocycles. The second-order valence-corrected chi connectivity index (χ2v) is 9.56. The van der Waals surface area contributed by atoms with Gasteiger partial charge in [-0.15, -0.1) is 0 Å². The van der Waals surface area contributed by atoms with Gasteiger partial charge in [0.2, 0.25) is 0 Å². The summed E-state index contributed by atoms with van der Waals surface area (Å²) in [5, 5.41) is 1.65. The van der Waals surface area contributed by atoms with Crippen LogP contribution in [0.3, 0.4) is 0 Å². The Balaban J connectivity index is 1.48. The first-order chi connectivity index (χ1) is 14.6. The number of aromatic nitrogens is 3. The van der Waals surface area contributed by atoms with Crippen molar-refractivity contribution in [2.75, 3.05) is 31.6 Å². The molecule has 1 aromatic carbocycles. The summed E-state index contributed by atoms with van der Waals surface area (Å²) >= 11 is 8.05. The topological polar surface area (TPSA) is 72.0 Å². The zero-order valence-electron chi connectivity index (χ0n) is 17.1. The van der Waals surface area contributed by atoms with Crippen molar-refractivity contribution in [1.82, 2.24) is 24.2 Å². The van der Waals surface area contributed by atoms with E-state index < -0.39 is 0 Å². The largest absolute Gasteiger partial charge is 0.383 e. The van der Waals surface area contributed by atoms with E-state index in [2.05, 4.69) is 36.4 Å². The van der Waals surface area contributed by atoms with Gasteiger partial charge in [-0.1, -0.05) is 23.5 Å². The Morgan fingerprint density at radius 2 is 2.07 bits per heavy atom. The number of likely N-dealkylation sites (tertiary alicyclic amines) is 1. The van der Waals surface area contributed by atoms with Crippen LogP contribution in [-0.2, 0) is 6.54 Å². The predicted octanol–water partition coefficient (Wildman–Crippen LogP) is 4.36. The van der Waals surface area contributed by atoms with Crippen LogP contribution in [-0.4, -0.2) is 45.3 Å². The van der Waals surface area contributed by atoms with E-state index in [-0.39, 0.29) is 0 Å². The van der Waals surface area contributed by atoms with Crippen LogP contribution in [0.4, 0.5) is 5.82 Å². The summed E-state index contributed by atoms with van der Waals surface area (Å²) in [5.74, 6) is 1.31. The van der Waals surface area contributed by atoms with Crippen molar-refractivity contribution in [2.45, 2.75) is 31.8 Å². The Labute approximate surface area is 186 Å². The first-order valence-corrected chi connectivity index (χ1v) is 12.1. The highest BCUT2D eigenvalue weighted by atomic mass is 35.5. The van der Waals surface area contributed by atoms with Crippen LogP contribution in [0.1, 0.15) is 30.9 Å². The van der Waals surface area contributed by atoms with Gasteiger partial charge in [0, 0.05) is 35.9 Å². The molecule has 6 nitrogen and oxygen atoms in total. The maximum atomic E-state index is 6.46. The monoisotopic (exact) mass is 442 g/mol. The Bertz CT molecular complexity index is 1060. The molecule has 0 bridgehead atoms. The Morgan fingerprint density at radius 1 is 1.23 bits per heavy atom. The Kier molecular flexibility index (Phi) is 5.62. The van der Waals surface area contributed by atoms with Gasteiger partial charge in [0.05, 0.1) is 5.39 Å². The second-order valence-electron chi connectivity index (χ2n) is 8.43. The number of fused-ring (bicyclic) bond motifs is 1. The minimum absolute atomic E-state index is 0.471. The maximum Gasteiger partial charge on any atom is 0.146 e. The van der Waals surface area contributed by atoms with Crippen LogP contribution in [0.2, 0.25) is 5.02 Å². The molecule has 3 heterocycles. The number of anilines is 1. The number of rotatable bonds is 7. The summed E-state index contributed by atoms with van der Waals surface area (Å²) in [6.07, 6.45) is 9.54. The van der Waals surface area contributed by atoms with Crippen molar-refractivity contribution >= 4 is 40.4 Å². The minimum atomic E-state index is 0.471. The lowest BCUT2D eigenvalue weighted by Crippen LogP contribution is -2.43. The molecule has 30 heavy (non-hydrogen) atoms. The van der Waals surface area contributed by atoms with Crippen molar-refractivity contribution < 1.29 is 0 Å². The number of nitrogens with two attached hydrogens (primary N) is 1. The molecule has 0 unspecified atom stereocenters. The SMILES string of the molecule is CSNCc1cc(Cl)cc(-c2cn(C3CC(CN4CCC4)C3)c3ncnc(N)c23)c1. The van der Waals surface area contributed by atoms with Crippen molar-refractivity contribution in [1.29, 1.82) is 0 Å². The number of nitrogen functional groups attached to an aromatic ring is 1. The summed E-state index contributed by atoms with van der Waals surface area (Å²) in [4.78, 5) is 11.5. The van der Waals surface area contributed by atoms with Gasteiger partial charge in [-0.2, -0.15) is 0 Å². The summed E-state index contributed by atoms with van der Waals surface area (Å²) in [7, 11) is 0. The predicted molar refractivity (Wildman–Crippen MR) is 126 cm³/mol. The van der Waals surface area contributed by atoms with Crippen molar-refractivity contribution in [3.05, 3.63) is 41.3 Å². The third-order valence-electron chi connectivity index (χ3n) is 6.40. The van der Waals surface area contributed by atoms with E-state index in [4.69, 9.17) is 17.3 Å². The zero-order chi connectivity index (χ0) is 20.7. The molecular weight excluding hydrogens is 416 g/mol. The second kappa shape index (κ2) is 8.38. The summed E-state index contributed by atoms with van der Waals surface area (Å²) < 4.78 is 5.61. The summed E-state index contributed by atoms with van der Waals surface area (Å²) in [6, 6.07) is 6.65. The average molecular weight is 443 g/mol. The molecule has 3 aromatic rings. The highest BCUT2D eigenvalue weighted by Crippen LogP contribution is 2.43. The highest BCUT2D eigenvalue weighted by Gasteiger charge is 2.34. The molecular formula is C22H27ClN6S. The van der Waals surface area contributed by atoms with E-state index in [1.807, 2.05) is 18.4 Å². The molecule has 5 rings (SSSR count). The number of hydrogen-bond acceptors (Lipinski definition) is 6. The van der Waals surface area contributed by atoms with Gasteiger partial charge in [-0.25, -0.2) is 9.97 Å². The lowest BCUT2D eigenvalue weighted by atomic mass is 9.79. The average Bonchev–Trinajstić information content (AvgIpc) is 3.04. The van der Waals surface area contributed by atoms with E-state index in [0.29, 0.717) is 11.9 Å². The minimum Gasteiger partial charge on any atom is -0.383 e. The van der Waals surface area contributed by atoms with E-state index in [1.165, 1.54) is 38.9 Å². The smallest absolute Gasteiger partial charge is 0.146 e. The van der Waals surface area contributed by atoms with E-state index in [1.54, 1.807) is 18.3 Å². The normalized spacial score (nSPS) is 21.5. The van der Waals surface area contributed by atoms with Crippen molar-refractivity contribution in [3.63, 3.8) is 0 Å². The lowest BCUT2D eigenvalue weighted by molar-refractivity contribution is 0.0921. The van der Waals surface area contributed by atoms with Gasteiger partial charge in [-0.05, 0) is 73.9 Å². The van der Waals surface area contributed by atoms with Crippen LogP contribution in [0.15, 0.2) is 30.7 Å². The molecule has 2 aliphatic rings. The first kappa shape index (κ1) is 20.1. The Hall–Kier alpha value is -1.80. The van der Waals surface area contributed by atoms with Crippen LogP contribution in [0.25, 0.3) is 22.2 Å². The van der Waals surface area contributed by atoms with Gasteiger partial charge < -0.3 is 15.2 Å². The molecule has 2 fully saturated rings. The Morgan fingerprint density at radius 3 is 2.80 bits per heavy atom. The highest BCUT2D eigenvalue weighted by molar-refractivity contribution is 7.96. The third-order valence-corrected chi connectivity index (χ3v) is 7.05. The standard InChI is InChI=1S/C22H27ClN6S/c1-30-27-10-14-5-16(9-17(23)6-14)19-12-29(22-20(19)21(24)25-13-26-22)18-7-15(8-18)11-28-3-2-4-28/h5-6,9,12-13,15,18,27H,2-4,7-8,10-11H2,1H3,(H2,24,25,26). The van der Waals surface area contributed by atoms with Crippen LogP contribution in [0.5, 0.6) is 0 Å². The van der Waals surface area contributed by atoms with E-state index in [0.717, 1.165) is 45.2 Å². The summed E-state index contributed by atoms with van der Waals surface area (Å²) in [5.41, 5.74) is 10.5. The van der Waals surface area contributed by atoms with Crippen molar-refractivity contribution in [3.8, 4) is 11.1 Å². The molecule has 0 radical (unpaired) electrons. The van der Waals surface area contributed by atoms with Gasteiger partial charge in [0.15, 0.2) is 0 Å². The molecule has 0 spiro atoms. The van der Waals surface area contributed by atoms with Crippen LogP contribution in [0, 0.1) is 5.92 Å². The van der Waals surface area contributed by atoms with Gasteiger partial charge >= 0.3 is 0 Å². The van der Waals surface area contributed by atoms with Crippen LogP contribution < -0.4 is 10.5 Å². The fraction of sp³-hybridized carbons (Fsp3) is 0.455. The molecule has 0 amide bonds. The zero-order valence-corrected chi connectivity index (χ0v) is 18.7. The molecule has 1 aliphatic carbocycles. The quantitative estimate of drug-likeness (QED) is 0.530. The molecule has 1 aliphatic heterocycles. The molecule has 1 saturated carbocycles. The van der Waals surface area contributed by atoms with Crippen LogP contribution >= 0.6 is 23.5 Å². The number of nitrogens with zero attached hydrogens (tertiary/aromatic N) is 4.